The van der Waals surface area contributed by atoms with E-state index in [1.165, 1.54) is 22.9 Å². The van der Waals surface area contributed by atoms with Gasteiger partial charge in [-0.1, -0.05) is 0 Å². The number of rotatable bonds is 2. The molecule has 3 heterocycles. The fraction of sp³-hybridized carbons (Fsp3) is 0.875. The molecule has 3 atom stereocenters. The molecule has 0 aromatic carbocycles. The molecule has 3 aliphatic heterocycles. The van der Waals surface area contributed by atoms with Crippen LogP contribution in [0.4, 0.5) is 4.79 Å². The van der Waals surface area contributed by atoms with Crippen LogP contribution in [-0.2, 0) is 31.4 Å². The minimum absolute atomic E-state index is 0.190. The number of hydrogen-bond acceptors (Lipinski definition) is 3. The normalized spacial score (nSPS) is 33.6. The maximum atomic E-state index is 11.0. The van der Waals surface area contributed by atoms with E-state index in [1.54, 1.807) is 7.05 Å². The zero-order valence-electron chi connectivity index (χ0n) is 8.32. The van der Waals surface area contributed by atoms with Crippen LogP contribution in [0, 0.1) is 28.2 Å². The van der Waals surface area contributed by atoms with E-state index in [0.29, 0.717) is 0 Å². The van der Waals surface area contributed by atoms with Crippen molar-refractivity contribution < 1.29 is 64.5 Å². The Labute approximate surface area is 115 Å². The summed E-state index contributed by atoms with van der Waals surface area (Å²) in [5, 5.41) is 2.54. The molecule has 14 heavy (non-hydrogen) atoms. The molecule has 0 aliphatic carbocycles. The van der Waals surface area contributed by atoms with E-state index in [1.807, 2.05) is 0 Å². The van der Waals surface area contributed by atoms with E-state index >= 15 is 0 Å². The molecule has 1 amide bonds. The number of carbonyl (C=O) groups is 1. The van der Waals surface area contributed by atoms with Crippen molar-refractivity contribution in [1.82, 2.24) is 10.2 Å². The van der Waals surface area contributed by atoms with Gasteiger partial charge in [0.1, 0.15) is 0 Å². The Morgan fingerprint density at radius 2 is 2.57 bits per heavy atom. The Bertz CT molecular complexity index is 221. The van der Waals surface area contributed by atoms with E-state index in [9.17, 15) is 4.79 Å². The number of nitrogens with zero attached hydrogens (tertiary/aromatic N) is 1. The molecule has 0 aromatic rings. The van der Waals surface area contributed by atoms with E-state index in [-0.39, 0.29) is 35.3 Å². The van der Waals surface area contributed by atoms with Crippen molar-refractivity contribution in [1.29, 1.82) is 0 Å². The topological polar surface area (TPSA) is 41.6 Å². The summed E-state index contributed by atoms with van der Waals surface area (Å²) in [6.07, 6.45) is 1.23. The molecular formula is C8H14N2O2UY. The summed E-state index contributed by atoms with van der Waals surface area (Å²) < 4.78 is 8.73. The van der Waals surface area contributed by atoms with Gasteiger partial charge in [0.15, 0.2) is 0 Å². The first-order valence-electron chi connectivity index (χ1n) is 4.99. The number of nitrogens with one attached hydrogen (secondary N) is 1. The summed E-state index contributed by atoms with van der Waals surface area (Å²) in [5.41, 5.74) is 0. The van der Waals surface area contributed by atoms with Crippen molar-refractivity contribution in [2.75, 3.05) is 23.5 Å². The second-order valence-electron chi connectivity index (χ2n) is 3.81. The van der Waals surface area contributed by atoms with Crippen molar-refractivity contribution in [3.05, 3.63) is 0 Å². The summed E-state index contributed by atoms with van der Waals surface area (Å²) in [7, 11) is 1.64. The number of carbonyl (C=O) groups excluding carboxylic acids is 1. The third-order valence-electron chi connectivity index (χ3n) is 2.92. The van der Waals surface area contributed by atoms with Crippen LogP contribution in [0.25, 0.3) is 0 Å². The average molecular weight is 497 g/mol. The molecule has 6 heteroatoms. The number of hydrogen-bond donors (Lipinski definition) is 1. The van der Waals surface area contributed by atoms with Crippen molar-refractivity contribution in [3.63, 3.8) is 0 Å². The molecule has 0 radical (unpaired) electrons. The van der Waals surface area contributed by atoms with Gasteiger partial charge in [-0.15, -0.1) is 0 Å². The SMILES string of the molecule is CNC(=O)[O][U][CH]1CN2CC[CH]1[Y][CH2]2. The van der Waals surface area contributed by atoms with Crippen LogP contribution in [0.1, 0.15) is 6.42 Å². The van der Waals surface area contributed by atoms with Crippen molar-refractivity contribution in [2.24, 2.45) is 0 Å². The van der Waals surface area contributed by atoms with Crippen LogP contribution < -0.4 is 5.32 Å². The molecule has 3 unspecified atom stereocenters. The van der Waals surface area contributed by atoms with Crippen LogP contribution >= 0.6 is 0 Å². The zero-order valence-corrected chi connectivity index (χ0v) is 15.3. The van der Waals surface area contributed by atoms with E-state index < -0.39 is 28.2 Å². The summed E-state index contributed by atoms with van der Waals surface area (Å²) in [5.74, 6) is 0. The second kappa shape index (κ2) is 5.64. The molecular weight excluding hydrogens is 483 g/mol. The van der Waals surface area contributed by atoms with Gasteiger partial charge in [0.2, 0.25) is 0 Å². The van der Waals surface area contributed by atoms with Gasteiger partial charge in [0.25, 0.3) is 0 Å². The van der Waals surface area contributed by atoms with Crippen LogP contribution in [0.2, 0.25) is 5.68 Å². The summed E-state index contributed by atoms with van der Waals surface area (Å²) >= 11 is -1.56. The predicted octanol–water partition coefficient (Wildman–Crippen LogP) is 0.679. The van der Waals surface area contributed by atoms with Gasteiger partial charge < -0.3 is 0 Å². The van der Waals surface area contributed by atoms with Gasteiger partial charge in [0.05, 0.1) is 0 Å². The Hall–Kier alpha value is 1.39. The minimum atomic E-state index is -1.26. The average Bonchev–Trinajstić information content (AvgIpc) is 2.27. The van der Waals surface area contributed by atoms with Gasteiger partial charge in [-0.2, -0.15) is 0 Å². The predicted molar refractivity (Wildman–Crippen MR) is 44.1 cm³/mol. The Kier molecular flexibility index (Phi) is 4.77. The molecule has 0 aromatic heterocycles. The Morgan fingerprint density at radius 1 is 1.71 bits per heavy atom. The fourth-order valence-corrected chi connectivity index (χ4v) is 15.8. The quantitative estimate of drug-likeness (QED) is 0.611. The van der Waals surface area contributed by atoms with E-state index in [0.717, 1.165) is 5.68 Å². The first kappa shape index (κ1) is 11.9. The van der Waals surface area contributed by atoms with Gasteiger partial charge in [-0.25, -0.2) is 0 Å². The van der Waals surface area contributed by atoms with E-state index in [4.69, 9.17) is 2.24 Å². The number of fused-ring (bicyclic) bond motifs is 3. The molecule has 75 valence electrons. The van der Waals surface area contributed by atoms with Gasteiger partial charge in [-0.3, -0.25) is 0 Å². The monoisotopic (exact) mass is 497 g/mol. The molecule has 4 nitrogen and oxygen atoms in total. The van der Waals surface area contributed by atoms with Gasteiger partial charge in [0, 0.05) is 0 Å². The van der Waals surface area contributed by atoms with Crippen LogP contribution in [0.5, 0.6) is 0 Å². The molecule has 0 spiro atoms. The molecule has 1 N–H and O–H groups in total. The molecule has 3 fully saturated rings. The Morgan fingerprint density at radius 3 is 3.07 bits per heavy atom. The van der Waals surface area contributed by atoms with E-state index in [2.05, 4.69) is 10.2 Å². The molecule has 3 saturated heterocycles. The van der Waals surface area contributed by atoms with Crippen molar-refractivity contribution in [2.45, 2.75) is 12.1 Å². The van der Waals surface area contributed by atoms with Gasteiger partial charge >= 0.3 is 116 Å². The fourth-order valence-electron chi connectivity index (χ4n) is 2.07. The molecule has 2 bridgehead atoms. The van der Waals surface area contributed by atoms with Gasteiger partial charge in [-0.05, 0) is 0 Å². The second-order valence-corrected chi connectivity index (χ2v) is 12.9. The Balaban J connectivity index is 1.78. The standard InChI is InChI=1S/C6H10N.C2H5NO2.U.Y/c1-7-5-3-2-4-6-7;1-3-2(4)5;;/h2-3H,1,4-6H2;3H,1H3,(H,4,5);;/q;;+1;/p-1. The summed E-state index contributed by atoms with van der Waals surface area (Å²) in [6.45, 7) is 2.57. The summed E-state index contributed by atoms with van der Waals surface area (Å²) in [6, 6.07) is 0. The van der Waals surface area contributed by atoms with Crippen LogP contribution in [0.3, 0.4) is 0 Å². The molecule has 3 aliphatic rings. The third-order valence-corrected chi connectivity index (χ3v) is 17.2. The number of piperidine rings is 1. The number of amides is 1. The summed E-state index contributed by atoms with van der Waals surface area (Å²) in [4.78, 5) is 13.6. The zero-order chi connectivity index (χ0) is 9.97. The first-order chi connectivity index (χ1) is 6.79. The van der Waals surface area contributed by atoms with Crippen LogP contribution in [-0.4, -0.2) is 34.5 Å². The first-order valence-corrected chi connectivity index (χ1v) is 12.7. The molecule has 3 rings (SSSR count). The van der Waals surface area contributed by atoms with Crippen LogP contribution in [0.15, 0.2) is 0 Å². The van der Waals surface area contributed by atoms with Crippen molar-refractivity contribution >= 4 is 6.09 Å². The van der Waals surface area contributed by atoms with Crippen molar-refractivity contribution in [3.8, 4) is 0 Å². The third kappa shape index (κ3) is 2.95. The molecule has 0 saturated carbocycles. The maximum absolute atomic E-state index is 11.0.